The molecule has 0 unspecified atom stereocenters. The smallest absolute Gasteiger partial charge is 0.305 e. The Morgan fingerprint density at radius 3 is 2.59 bits per heavy atom. The Morgan fingerprint density at radius 2 is 2.06 bits per heavy atom. The molecule has 92 valence electrons. The first-order valence-corrected chi connectivity index (χ1v) is 4.98. The lowest BCUT2D eigenvalue weighted by Crippen LogP contribution is -2.13. The third-order valence-corrected chi connectivity index (χ3v) is 2.37. The molecule has 0 aromatic carbocycles. The number of aromatic nitrogens is 3. The molecule has 0 aliphatic rings. The van der Waals surface area contributed by atoms with Crippen LogP contribution in [0.3, 0.4) is 0 Å². The summed E-state index contributed by atoms with van der Waals surface area (Å²) < 4.78 is 39.5. The highest BCUT2D eigenvalue weighted by molar-refractivity contribution is 5.78. The molecule has 0 fully saturated rings. The monoisotopic (exact) mass is 245 g/mol. The molecule has 2 aromatic rings. The molecule has 2 heterocycles. The first-order valence-electron chi connectivity index (χ1n) is 4.98. The van der Waals surface area contributed by atoms with E-state index < -0.39 is 17.3 Å². The Kier molecular flexibility index (Phi) is 2.48. The van der Waals surface area contributed by atoms with Gasteiger partial charge in [0.05, 0.1) is 5.56 Å². The predicted molar refractivity (Wildman–Crippen MR) is 55.7 cm³/mol. The van der Waals surface area contributed by atoms with Crippen LogP contribution in [0.5, 0.6) is 0 Å². The van der Waals surface area contributed by atoms with Crippen molar-refractivity contribution in [3.63, 3.8) is 0 Å². The summed E-state index contributed by atoms with van der Waals surface area (Å²) in [6.45, 7) is 3.58. The molecule has 0 aliphatic heterocycles. The van der Waals surface area contributed by atoms with Crippen LogP contribution in [-0.4, -0.2) is 14.8 Å². The zero-order valence-electron chi connectivity index (χ0n) is 9.17. The van der Waals surface area contributed by atoms with E-state index in [1.165, 1.54) is 10.9 Å². The fourth-order valence-electron chi connectivity index (χ4n) is 1.54. The number of pyridine rings is 1. The second-order valence-electron chi connectivity index (χ2n) is 4.01. The van der Waals surface area contributed by atoms with Crippen LogP contribution in [0, 0.1) is 0 Å². The molecule has 0 atom stereocenters. The fraction of sp³-hybridized carbons (Fsp3) is 0.400. The van der Waals surface area contributed by atoms with Crippen LogP contribution in [0.2, 0.25) is 0 Å². The van der Waals surface area contributed by atoms with E-state index in [9.17, 15) is 18.0 Å². The van der Waals surface area contributed by atoms with Gasteiger partial charge in [-0.2, -0.15) is 18.3 Å². The molecular weight excluding hydrogens is 235 g/mol. The maximum absolute atomic E-state index is 12.7. The minimum atomic E-state index is -4.56. The lowest BCUT2D eigenvalue weighted by molar-refractivity contribution is -0.136. The van der Waals surface area contributed by atoms with Gasteiger partial charge in [0.25, 0.3) is 0 Å². The van der Waals surface area contributed by atoms with E-state index in [0.29, 0.717) is 6.07 Å². The fourth-order valence-corrected chi connectivity index (χ4v) is 1.54. The number of aromatic amines is 1. The number of rotatable bonds is 1. The number of halogens is 3. The Morgan fingerprint density at radius 1 is 1.41 bits per heavy atom. The van der Waals surface area contributed by atoms with Gasteiger partial charge in [0, 0.05) is 23.7 Å². The van der Waals surface area contributed by atoms with Gasteiger partial charge in [0.1, 0.15) is 0 Å². The van der Waals surface area contributed by atoms with Crippen LogP contribution in [0.15, 0.2) is 17.1 Å². The maximum Gasteiger partial charge on any atom is 0.417 e. The zero-order chi connectivity index (χ0) is 12.8. The Balaban J connectivity index is 2.79. The molecule has 2 rings (SSSR count). The normalized spacial score (nSPS) is 12.6. The van der Waals surface area contributed by atoms with Crippen molar-refractivity contribution >= 4 is 11.0 Å². The molecule has 0 saturated carbocycles. The third kappa shape index (κ3) is 2.04. The second kappa shape index (κ2) is 3.61. The summed E-state index contributed by atoms with van der Waals surface area (Å²) in [5.74, 6) is 0. The number of nitrogens with zero attached hydrogens (tertiary/aromatic N) is 2. The van der Waals surface area contributed by atoms with Gasteiger partial charge in [-0.1, -0.05) is 0 Å². The van der Waals surface area contributed by atoms with Crippen molar-refractivity contribution in [2.24, 2.45) is 0 Å². The lowest BCUT2D eigenvalue weighted by Gasteiger charge is -2.06. The van der Waals surface area contributed by atoms with Gasteiger partial charge in [-0.25, -0.2) is 0 Å². The molecule has 0 saturated heterocycles. The van der Waals surface area contributed by atoms with Crippen LogP contribution >= 0.6 is 0 Å². The number of alkyl halides is 3. The largest absolute Gasteiger partial charge is 0.417 e. The first kappa shape index (κ1) is 11.7. The molecule has 1 N–H and O–H groups in total. The standard InChI is InChI=1S/C10H10F3N3O/c1-5(2)16-4-6-7(10(11,12)13)3-8(17)14-9(6)15-16/h3-5H,1-2H3,(H,14,15,17). The molecule has 2 aromatic heterocycles. The summed E-state index contributed by atoms with van der Waals surface area (Å²) in [6, 6.07) is 0.473. The third-order valence-electron chi connectivity index (χ3n) is 2.37. The van der Waals surface area contributed by atoms with Crippen molar-refractivity contribution in [1.29, 1.82) is 0 Å². The highest BCUT2D eigenvalue weighted by Crippen LogP contribution is 2.33. The number of hydrogen-bond donors (Lipinski definition) is 1. The summed E-state index contributed by atoms with van der Waals surface area (Å²) in [5.41, 5.74) is -1.81. The van der Waals surface area contributed by atoms with Crippen LogP contribution in [0.4, 0.5) is 13.2 Å². The topological polar surface area (TPSA) is 50.7 Å². The number of H-pyrrole nitrogens is 1. The molecule has 7 heteroatoms. The van der Waals surface area contributed by atoms with Crippen molar-refractivity contribution in [2.45, 2.75) is 26.1 Å². The lowest BCUT2D eigenvalue weighted by atomic mass is 10.2. The van der Waals surface area contributed by atoms with Crippen LogP contribution in [-0.2, 0) is 6.18 Å². The van der Waals surface area contributed by atoms with Crippen molar-refractivity contribution in [3.05, 3.63) is 28.2 Å². The summed E-state index contributed by atoms with van der Waals surface area (Å²) in [4.78, 5) is 13.4. The second-order valence-corrected chi connectivity index (χ2v) is 4.01. The van der Waals surface area contributed by atoms with Crippen molar-refractivity contribution in [2.75, 3.05) is 0 Å². The highest BCUT2D eigenvalue weighted by Gasteiger charge is 2.34. The number of hydrogen-bond acceptors (Lipinski definition) is 2. The van der Waals surface area contributed by atoms with Crippen LogP contribution in [0.1, 0.15) is 25.5 Å². The van der Waals surface area contributed by atoms with E-state index in [4.69, 9.17) is 0 Å². The molecule has 0 aliphatic carbocycles. The van der Waals surface area contributed by atoms with Crippen LogP contribution < -0.4 is 5.56 Å². The predicted octanol–water partition coefficient (Wildman–Crippen LogP) is 2.32. The van der Waals surface area contributed by atoms with E-state index in [1.54, 1.807) is 13.8 Å². The minimum absolute atomic E-state index is 0.0430. The number of nitrogens with one attached hydrogen (secondary N) is 1. The Bertz CT molecular complexity index is 609. The van der Waals surface area contributed by atoms with Crippen molar-refractivity contribution in [1.82, 2.24) is 14.8 Å². The van der Waals surface area contributed by atoms with Gasteiger partial charge in [0.2, 0.25) is 5.56 Å². The maximum atomic E-state index is 12.7. The minimum Gasteiger partial charge on any atom is -0.305 e. The van der Waals surface area contributed by atoms with Gasteiger partial charge in [-0.05, 0) is 13.8 Å². The molecular formula is C10H10F3N3O. The van der Waals surface area contributed by atoms with Crippen molar-refractivity contribution < 1.29 is 13.2 Å². The quantitative estimate of drug-likeness (QED) is 0.838. The summed E-state index contributed by atoms with van der Waals surface area (Å²) in [5, 5.41) is 3.82. The molecule has 0 bridgehead atoms. The SMILES string of the molecule is CC(C)n1cc2c(C(F)(F)F)cc(=O)[nH]c2n1. The van der Waals surface area contributed by atoms with Crippen molar-refractivity contribution in [3.8, 4) is 0 Å². The van der Waals surface area contributed by atoms with Gasteiger partial charge in [0.15, 0.2) is 5.65 Å². The molecule has 17 heavy (non-hydrogen) atoms. The molecule has 0 radical (unpaired) electrons. The van der Waals surface area contributed by atoms with E-state index in [-0.39, 0.29) is 17.1 Å². The summed E-state index contributed by atoms with van der Waals surface area (Å²) >= 11 is 0. The molecule has 4 nitrogen and oxygen atoms in total. The zero-order valence-corrected chi connectivity index (χ0v) is 9.17. The average molecular weight is 245 g/mol. The first-order chi connectivity index (χ1) is 7.79. The van der Waals surface area contributed by atoms with E-state index in [1.807, 2.05) is 0 Å². The number of fused-ring (bicyclic) bond motifs is 1. The van der Waals surface area contributed by atoms with E-state index >= 15 is 0 Å². The Labute approximate surface area is 94.1 Å². The van der Waals surface area contributed by atoms with Crippen LogP contribution in [0.25, 0.3) is 11.0 Å². The van der Waals surface area contributed by atoms with E-state index in [2.05, 4.69) is 10.1 Å². The van der Waals surface area contributed by atoms with Gasteiger partial charge >= 0.3 is 6.18 Å². The molecule has 0 spiro atoms. The summed E-state index contributed by atoms with van der Waals surface area (Å²) in [7, 11) is 0. The average Bonchev–Trinajstić information content (AvgIpc) is 2.58. The van der Waals surface area contributed by atoms with Gasteiger partial charge in [-0.3, -0.25) is 9.48 Å². The highest BCUT2D eigenvalue weighted by atomic mass is 19.4. The molecule has 0 amide bonds. The van der Waals surface area contributed by atoms with Gasteiger partial charge < -0.3 is 4.98 Å². The summed E-state index contributed by atoms with van der Waals surface area (Å²) in [6.07, 6.45) is -3.27. The Hall–Kier alpha value is -1.79. The van der Waals surface area contributed by atoms with Gasteiger partial charge in [-0.15, -0.1) is 0 Å². The van der Waals surface area contributed by atoms with E-state index in [0.717, 1.165) is 0 Å².